The van der Waals surface area contributed by atoms with Crippen molar-refractivity contribution in [2.24, 2.45) is 0 Å². The van der Waals surface area contributed by atoms with Crippen LogP contribution in [0.1, 0.15) is 17.5 Å². The van der Waals surface area contributed by atoms with Gasteiger partial charge in [0.1, 0.15) is 11.0 Å². The lowest BCUT2D eigenvalue weighted by Gasteiger charge is -2.10. The van der Waals surface area contributed by atoms with E-state index in [0.717, 1.165) is 27.5 Å². The highest BCUT2D eigenvalue weighted by Gasteiger charge is 2.30. The van der Waals surface area contributed by atoms with Gasteiger partial charge in [-0.15, -0.1) is 0 Å². The molecule has 0 aliphatic carbocycles. The van der Waals surface area contributed by atoms with Gasteiger partial charge < -0.3 is 10.3 Å². The largest absolute Gasteiger partial charge is 0.416 e. The zero-order chi connectivity index (χ0) is 22.2. The van der Waals surface area contributed by atoms with Crippen molar-refractivity contribution in [1.29, 1.82) is 0 Å². The first-order valence-electron chi connectivity index (χ1n) is 9.31. The number of fused-ring (bicyclic) bond motifs is 3. The van der Waals surface area contributed by atoms with Gasteiger partial charge >= 0.3 is 6.18 Å². The number of hydrogen-bond acceptors (Lipinski definition) is 3. The molecule has 4 rings (SSSR count). The molecule has 31 heavy (non-hydrogen) atoms. The highest BCUT2D eigenvalue weighted by Crippen LogP contribution is 2.29. The summed E-state index contributed by atoms with van der Waals surface area (Å²) in [5.41, 5.74) is 0.942. The lowest BCUT2D eigenvalue weighted by molar-refractivity contribution is -0.137. The SMILES string of the molecule is O=C(CCn1cnc2c([nH]c3ccc(Br)cc32)c1=O)NCc1cccc(C(F)(F)F)c1. The first-order chi connectivity index (χ1) is 14.7. The van der Waals surface area contributed by atoms with Gasteiger partial charge in [0, 0.05) is 34.9 Å². The fourth-order valence-corrected chi connectivity index (χ4v) is 3.65. The zero-order valence-electron chi connectivity index (χ0n) is 16.0. The number of benzene rings is 2. The summed E-state index contributed by atoms with van der Waals surface area (Å²) in [5, 5.41) is 3.39. The summed E-state index contributed by atoms with van der Waals surface area (Å²) in [6.07, 6.45) is -3.07. The van der Waals surface area contributed by atoms with Crippen molar-refractivity contribution in [3.8, 4) is 0 Å². The van der Waals surface area contributed by atoms with Crippen LogP contribution in [0.15, 0.2) is 58.1 Å². The van der Waals surface area contributed by atoms with Crippen molar-refractivity contribution in [1.82, 2.24) is 19.9 Å². The average Bonchev–Trinajstić information content (AvgIpc) is 3.10. The van der Waals surface area contributed by atoms with Crippen LogP contribution in [-0.4, -0.2) is 20.4 Å². The van der Waals surface area contributed by atoms with Crippen molar-refractivity contribution in [3.05, 3.63) is 74.7 Å². The van der Waals surface area contributed by atoms with Crippen LogP contribution in [0.5, 0.6) is 0 Å². The van der Waals surface area contributed by atoms with E-state index < -0.39 is 11.7 Å². The number of nitrogens with zero attached hydrogens (tertiary/aromatic N) is 2. The molecule has 0 atom stereocenters. The van der Waals surface area contributed by atoms with Gasteiger partial charge in [-0.3, -0.25) is 14.2 Å². The van der Waals surface area contributed by atoms with Gasteiger partial charge in [-0.25, -0.2) is 4.98 Å². The van der Waals surface area contributed by atoms with Gasteiger partial charge in [-0.1, -0.05) is 28.1 Å². The summed E-state index contributed by atoms with van der Waals surface area (Å²) in [4.78, 5) is 32.3. The van der Waals surface area contributed by atoms with Crippen molar-refractivity contribution >= 4 is 43.8 Å². The molecule has 10 heteroatoms. The minimum atomic E-state index is -4.44. The minimum Gasteiger partial charge on any atom is -0.352 e. The molecule has 2 heterocycles. The molecule has 1 amide bonds. The number of H-pyrrole nitrogens is 1. The highest BCUT2D eigenvalue weighted by molar-refractivity contribution is 9.10. The van der Waals surface area contributed by atoms with E-state index in [-0.39, 0.29) is 31.0 Å². The number of alkyl halides is 3. The summed E-state index contributed by atoms with van der Waals surface area (Å²) in [5.74, 6) is -0.384. The third-order valence-corrected chi connectivity index (χ3v) is 5.35. The summed E-state index contributed by atoms with van der Waals surface area (Å²) in [6.45, 7) is 0.0566. The predicted molar refractivity (Wildman–Crippen MR) is 113 cm³/mol. The Morgan fingerprint density at radius 2 is 2.00 bits per heavy atom. The van der Waals surface area contributed by atoms with Gasteiger partial charge in [0.05, 0.1) is 11.9 Å². The molecular weight excluding hydrogens is 477 g/mol. The van der Waals surface area contributed by atoms with Crippen LogP contribution >= 0.6 is 15.9 Å². The number of nitrogens with one attached hydrogen (secondary N) is 2. The Kier molecular flexibility index (Phi) is 5.57. The number of halogens is 4. The maximum Gasteiger partial charge on any atom is 0.416 e. The first kappa shape index (κ1) is 21.1. The number of aromatic amines is 1. The van der Waals surface area contributed by atoms with Crippen molar-refractivity contribution in [3.63, 3.8) is 0 Å². The molecule has 0 saturated carbocycles. The number of carbonyl (C=O) groups is 1. The lowest BCUT2D eigenvalue weighted by Crippen LogP contribution is -2.27. The third-order valence-electron chi connectivity index (χ3n) is 4.86. The van der Waals surface area contributed by atoms with Crippen LogP contribution in [0, 0.1) is 0 Å². The number of amides is 1. The van der Waals surface area contributed by atoms with E-state index >= 15 is 0 Å². The van der Waals surface area contributed by atoms with Crippen molar-refractivity contribution < 1.29 is 18.0 Å². The van der Waals surface area contributed by atoms with E-state index in [1.54, 1.807) is 0 Å². The lowest BCUT2D eigenvalue weighted by atomic mass is 10.1. The molecule has 4 aromatic rings. The van der Waals surface area contributed by atoms with Crippen LogP contribution in [-0.2, 0) is 24.1 Å². The van der Waals surface area contributed by atoms with E-state index in [9.17, 15) is 22.8 Å². The van der Waals surface area contributed by atoms with Gasteiger partial charge in [-0.2, -0.15) is 13.2 Å². The second-order valence-corrected chi connectivity index (χ2v) is 7.92. The Morgan fingerprint density at radius 3 is 2.77 bits per heavy atom. The second-order valence-electron chi connectivity index (χ2n) is 7.01. The average molecular weight is 493 g/mol. The van der Waals surface area contributed by atoms with E-state index in [4.69, 9.17) is 0 Å². The number of carbonyl (C=O) groups excluding carboxylic acids is 1. The van der Waals surface area contributed by atoms with Gasteiger partial charge in [0.25, 0.3) is 5.56 Å². The zero-order valence-corrected chi connectivity index (χ0v) is 17.5. The fourth-order valence-electron chi connectivity index (χ4n) is 3.29. The van der Waals surface area contributed by atoms with E-state index in [0.29, 0.717) is 16.6 Å². The number of hydrogen-bond donors (Lipinski definition) is 2. The summed E-state index contributed by atoms with van der Waals surface area (Å²) in [6, 6.07) is 10.3. The van der Waals surface area contributed by atoms with Crippen LogP contribution < -0.4 is 10.9 Å². The highest BCUT2D eigenvalue weighted by atomic mass is 79.9. The topological polar surface area (TPSA) is 79.8 Å². The standard InChI is InChI=1S/C21H16BrF3N4O2/c22-14-4-5-16-15(9-14)18-19(28-16)20(31)29(11-27-18)7-6-17(30)26-10-12-2-1-3-13(8-12)21(23,24)25/h1-5,8-9,11,28H,6-7,10H2,(H,26,30). The monoisotopic (exact) mass is 492 g/mol. The molecule has 0 bridgehead atoms. The summed E-state index contributed by atoms with van der Waals surface area (Å²) < 4.78 is 40.5. The molecule has 0 radical (unpaired) electrons. The first-order valence-corrected chi connectivity index (χ1v) is 10.1. The molecule has 6 nitrogen and oxygen atoms in total. The normalized spacial score (nSPS) is 11.9. The molecule has 0 spiro atoms. The van der Waals surface area contributed by atoms with E-state index in [2.05, 4.69) is 31.2 Å². The van der Waals surface area contributed by atoms with Crippen molar-refractivity contribution in [2.45, 2.75) is 25.7 Å². The van der Waals surface area contributed by atoms with Gasteiger partial charge in [0.2, 0.25) is 5.91 Å². The summed E-state index contributed by atoms with van der Waals surface area (Å²) >= 11 is 3.40. The molecule has 0 fully saturated rings. The van der Waals surface area contributed by atoms with Crippen LogP contribution in [0.3, 0.4) is 0 Å². The molecule has 2 aromatic carbocycles. The number of aryl methyl sites for hydroxylation is 1. The second kappa shape index (κ2) is 8.18. The molecular formula is C21H16BrF3N4O2. The molecule has 2 N–H and O–H groups in total. The molecule has 2 aromatic heterocycles. The third kappa shape index (κ3) is 4.48. The van der Waals surface area contributed by atoms with Crippen LogP contribution in [0.2, 0.25) is 0 Å². The smallest absolute Gasteiger partial charge is 0.352 e. The Hall–Kier alpha value is -3.14. The number of aromatic nitrogens is 3. The molecule has 0 aliphatic heterocycles. The summed E-state index contributed by atoms with van der Waals surface area (Å²) in [7, 11) is 0. The van der Waals surface area contributed by atoms with E-state index in [1.165, 1.54) is 23.0 Å². The molecule has 160 valence electrons. The number of rotatable bonds is 5. The quantitative estimate of drug-likeness (QED) is 0.434. The maximum atomic E-state index is 12.8. The minimum absolute atomic E-state index is 0.0160. The molecule has 0 saturated heterocycles. The Morgan fingerprint density at radius 1 is 1.19 bits per heavy atom. The Labute approximate surface area is 182 Å². The Bertz CT molecular complexity index is 1340. The van der Waals surface area contributed by atoms with Gasteiger partial charge in [0.15, 0.2) is 0 Å². The van der Waals surface area contributed by atoms with E-state index in [1.807, 2.05) is 18.2 Å². The molecule has 0 unspecified atom stereocenters. The predicted octanol–water partition coefficient (Wildman–Crippen LogP) is 4.37. The Balaban J connectivity index is 1.43. The van der Waals surface area contributed by atoms with Crippen LogP contribution in [0.4, 0.5) is 13.2 Å². The fraction of sp³-hybridized carbons (Fsp3) is 0.190. The van der Waals surface area contributed by atoms with Crippen molar-refractivity contribution in [2.75, 3.05) is 0 Å². The maximum absolute atomic E-state index is 12.8. The van der Waals surface area contributed by atoms with Crippen LogP contribution in [0.25, 0.3) is 21.9 Å². The van der Waals surface area contributed by atoms with Gasteiger partial charge in [-0.05, 0) is 35.9 Å². The molecule has 0 aliphatic rings.